The number of hydrogen-bond acceptors (Lipinski definition) is 3. The van der Waals surface area contributed by atoms with Gasteiger partial charge in [-0.15, -0.1) is 0 Å². The maximum absolute atomic E-state index is 12.0. The maximum atomic E-state index is 12.0. The van der Waals surface area contributed by atoms with Crippen LogP contribution in [0.2, 0.25) is 0 Å². The van der Waals surface area contributed by atoms with Crippen LogP contribution in [0.1, 0.15) is 26.2 Å². The maximum Gasteiger partial charge on any atom is 0.405 e. The number of halogens is 3. The number of alkyl halides is 3. The van der Waals surface area contributed by atoms with Gasteiger partial charge in [-0.25, -0.2) is 0 Å². The molecule has 96 valence electrons. The summed E-state index contributed by atoms with van der Waals surface area (Å²) in [6.07, 6.45) is -2.50. The molecule has 0 saturated heterocycles. The molecule has 1 aliphatic heterocycles. The molecule has 2 rings (SSSR count). The van der Waals surface area contributed by atoms with E-state index in [1.165, 1.54) is 0 Å². The van der Waals surface area contributed by atoms with Crippen LogP contribution in [0.25, 0.3) is 0 Å². The lowest BCUT2D eigenvalue weighted by atomic mass is 9.87. The number of nitrogens with one attached hydrogen (secondary N) is 1. The summed E-state index contributed by atoms with van der Waals surface area (Å²) in [5, 5.41) is 5.62. The predicted molar refractivity (Wildman–Crippen MR) is 53.3 cm³/mol. The molecule has 2 atom stereocenters. The standard InChI is InChI=1S/C10H13F3N2O2/c1-6-7-3-2-4-9(7,17-15-6)8(16)14-5-10(11,12)13/h7H,2-5H2,1H3,(H,14,16). The molecule has 1 heterocycles. The van der Waals surface area contributed by atoms with Gasteiger partial charge in [-0.3, -0.25) is 4.79 Å². The number of carbonyl (C=O) groups excluding carboxylic acids is 1. The zero-order valence-electron chi connectivity index (χ0n) is 9.30. The van der Waals surface area contributed by atoms with Crippen molar-refractivity contribution in [2.45, 2.75) is 38.0 Å². The Morgan fingerprint density at radius 2 is 2.35 bits per heavy atom. The average Bonchev–Trinajstić information content (AvgIpc) is 2.76. The number of oxime groups is 1. The van der Waals surface area contributed by atoms with Crippen LogP contribution in [0.3, 0.4) is 0 Å². The van der Waals surface area contributed by atoms with Gasteiger partial charge in [0.25, 0.3) is 5.91 Å². The highest BCUT2D eigenvalue weighted by Crippen LogP contribution is 2.44. The Morgan fingerprint density at radius 3 is 3.00 bits per heavy atom. The second kappa shape index (κ2) is 3.89. The van der Waals surface area contributed by atoms with Crippen LogP contribution < -0.4 is 5.32 Å². The zero-order valence-corrected chi connectivity index (χ0v) is 9.30. The number of nitrogens with zero attached hydrogens (tertiary/aromatic N) is 1. The second-order valence-electron chi connectivity index (χ2n) is 4.46. The highest BCUT2D eigenvalue weighted by atomic mass is 19.4. The summed E-state index contributed by atoms with van der Waals surface area (Å²) in [6.45, 7) is 0.400. The van der Waals surface area contributed by atoms with E-state index in [1.54, 1.807) is 6.92 Å². The summed E-state index contributed by atoms with van der Waals surface area (Å²) in [4.78, 5) is 16.9. The van der Waals surface area contributed by atoms with Gasteiger partial charge in [0.15, 0.2) is 0 Å². The summed E-state index contributed by atoms with van der Waals surface area (Å²) in [5.41, 5.74) is -0.514. The summed E-state index contributed by atoms with van der Waals surface area (Å²) in [7, 11) is 0. The number of fused-ring (bicyclic) bond motifs is 1. The quantitative estimate of drug-likeness (QED) is 0.809. The van der Waals surface area contributed by atoms with E-state index >= 15 is 0 Å². The predicted octanol–water partition coefficient (Wildman–Crippen LogP) is 1.61. The van der Waals surface area contributed by atoms with E-state index in [4.69, 9.17) is 4.84 Å². The van der Waals surface area contributed by atoms with Crippen LogP contribution in [0.15, 0.2) is 5.16 Å². The highest BCUT2D eigenvalue weighted by molar-refractivity contribution is 5.97. The van der Waals surface area contributed by atoms with Crippen LogP contribution in [-0.2, 0) is 9.63 Å². The number of amides is 1. The summed E-state index contributed by atoms with van der Waals surface area (Å²) >= 11 is 0. The highest BCUT2D eigenvalue weighted by Gasteiger charge is 2.56. The van der Waals surface area contributed by atoms with E-state index in [9.17, 15) is 18.0 Å². The first-order valence-electron chi connectivity index (χ1n) is 5.43. The van der Waals surface area contributed by atoms with Gasteiger partial charge in [0, 0.05) is 0 Å². The van der Waals surface area contributed by atoms with Crippen LogP contribution in [0, 0.1) is 5.92 Å². The fourth-order valence-electron chi connectivity index (χ4n) is 2.49. The zero-order chi connectivity index (χ0) is 12.7. The molecule has 2 unspecified atom stereocenters. The van der Waals surface area contributed by atoms with Gasteiger partial charge in [0.1, 0.15) is 6.54 Å². The minimum atomic E-state index is -4.41. The third kappa shape index (κ3) is 2.10. The third-order valence-corrected chi connectivity index (χ3v) is 3.29. The van der Waals surface area contributed by atoms with Crippen molar-refractivity contribution in [3.63, 3.8) is 0 Å². The van der Waals surface area contributed by atoms with Crippen LogP contribution in [0.5, 0.6) is 0 Å². The van der Waals surface area contributed by atoms with Crippen LogP contribution >= 0.6 is 0 Å². The third-order valence-electron chi connectivity index (χ3n) is 3.29. The monoisotopic (exact) mass is 250 g/mol. The fraction of sp³-hybridized carbons (Fsp3) is 0.800. The van der Waals surface area contributed by atoms with Crippen molar-refractivity contribution >= 4 is 11.6 Å². The Hall–Kier alpha value is -1.27. The molecule has 1 saturated carbocycles. The smallest absolute Gasteiger partial charge is 0.378 e. The molecule has 2 aliphatic rings. The second-order valence-corrected chi connectivity index (χ2v) is 4.46. The summed E-state index contributed by atoms with van der Waals surface area (Å²) < 4.78 is 36.1. The summed E-state index contributed by atoms with van der Waals surface area (Å²) in [6, 6.07) is 0. The molecule has 4 nitrogen and oxygen atoms in total. The van der Waals surface area contributed by atoms with E-state index in [-0.39, 0.29) is 5.92 Å². The van der Waals surface area contributed by atoms with Gasteiger partial charge in [0.2, 0.25) is 5.60 Å². The minimum Gasteiger partial charge on any atom is -0.378 e. The van der Waals surface area contributed by atoms with Gasteiger partial charge in [-0.1, -0.05) is 5.16 Å². The first-order chi connectivity index (χ1) is 7.85. The Morgan fingerprint density at radius 1 is 1.65 bits per heavy atom. The lowest BCUT2D eigenvalue weighted by Crippen LogP contribution is -2.51. The van der Waals surface area contributed by atoms with Crippen molar-refractivity contribution in [2.24, 2.45) is 11.1 Å². The van der Waals surface area contributed by atoms with Gasteiger partial charge in [0.05, 0.1) is 11.6 Å². The van der Waals surface area contributed by atoms with E-state index in [2.05, 4.69) is 5.16 Å². The molecule has 1 amide bonds. The van der Waals surface area contributed by atoms with E-state index in [1.807, 2.05) is 5.32 Å². The Balaban J connectivity index is 2.04. The number of rotatable bonds is 2. The average molecular weight is 250 g/mol. The van der Waals surface area contributed by atoms with Crippen LogP contribution in [0.4, 0.5) is 13.2 Å². The largest absolute Gasteiger partial charge is 0.405 e. The number of hydrogen-bond donors (Lipinski definition) is 1. The van der Waals surface area contributed by atoms with Crippen molar-refractivity contribution in [3.05, 3.63) is 0 Å². The molecule has 1 fully saturated rings. The molecule has 0 radical (unpaired) electrons. The van der Waals surface area contributed by atoms with Crippen molar-refractivity contribution in [1.29, 1.82) is 0 Å². The fourth-order valence-corrected chi connectivity index (χ4v) is 2.49. The van der Waals surface area contributed by atoms with Gasteiger partial charge in [-0.05, 0) is 26.2 Å². The van der Waals surface area contributed by atoms with Crippen molar-refractivity contribution in [1.82, 2.24) is 5.32 Å². The van der Waals surface area contributed by atoms with Gasteiger partial charge >= 0.3 is 6.18 Å². The topological polar surface area (TPSA) is 50.7 Å². The molecule has 0 bridgehead atoms. The molecule has 1 N–H and O–H groups in total. The SMILES string of the molecule is CC1=NOC2(C(=O)NCC(F)(F)F)CCCC12. The van der Waals surface area contributed by atoms with E-state index in [0.717, 1.165) is 12.8 Å². The van der Waals surface area contributed by atoms with Gasteiger partial charge in [-0.2, -0.15) is 13.2 Å². The van der Waals surface area contributed by atoms with Crippen molar-refractivity contribution in [2.75, 3.05) is 6.54 Å². The molecule has 0 aromatic carbocycles. The van der Waals surface area contributed by atoms with Gasteiger partial charge < -0.3 is 10.2 Å². The normalized spacial score (nSPS) is 31.8. The van der Waals surface area contributed by atoms with Crippen molar-refractivity contribution < 1.29 is 22.8 Å². The minimum absolute atomic E-state index is 0.185. The Bertz CT molecular complexity index is 367. The Labute approximate surface area is 96.2 Å². The molecule has 0 aromatic heterocycles. The van der Waals surface area contributed by atoms with E-state index in [0.29, 0.717) is 12.1 Å². The first-order valence-corrected chi connectivity index (χ1v) is 5.43. The van der Waals surface area contributed by atoms with Crippen LogP contribution in [-0.4, -0.2) is 29.9 Å². The van der Waals surface area contributed by atoms with Crippen molar-refractivity contribution in [3.8, 4) is 0 Å². The molecule has 1 aliphatic carbocycles. The molecule has 17 heavy (non-hydrogen) atoms. The Kier molecular flexibility index (Phi) is 2.79. The molecule has 7 heteroatoms. The van der Waals surface area contributed by atoms with E-state index < -0.39 is 24.2 Å². The lowest BCUT2D eigenvalue weighted by Gasteiger charge is -2.25. The molecular weight excluding hydrogens is 237 g/mol. The molecule has 0 aromatic rings. The first kappa shape index (κ1) is 12.2. The summed E-state index contributed by atoms with van der Waals surface area (Å²) in [5.74, 6) is -0.895. The lowest BCUT2D eigenvalue weighted by molar-refractivity contribution is -0.155. The number of carbonyl (C=O) groups is 1. The molecular formula is C10H13F3N2O2. The molecule has 0 spiro atoms.